The van der Waals surface area contributed by atoms with Crippen LogP contribution in [0, 0.1) is 0 Å². The largest absolute Gasteiger partial charge is 0.497 e. The molecule has 1 heterocycles. The molecule has 0 saturated heterocycles. The van der Waals surface area contributed by atoms with Crippen LogP contribution < -0.4 is 15.4 Å². The molecule has 140 valence electrons. The van der Waals surface area contributed by atoms with Crippen molar-refractivity contribution >= 4 is 38.8 Å². The molecule has 6 heteroatoms. The number of nitrogens with one attached hydrogen (secondary N) is 2. The number of para-hydroxylation sites is 1. The minimum atomic E-state index is -0.111. The Morgan fingerprint density at radius 1 is 0.964 bits per heavy atom. The number of thiazole rings is 1. The van der Waals surface area contributed by atoms with Gasteiger partial charge in [-0.25, -0.2) is 4.98 Å². The summed E-state index contributed by atoms with van der Waals surface area (Å²) < 4.78 is 6.29. The van der Waals surface area contributed by atoms with Gasteiger partial charge in [0, 0.05) is 16.9 Å². The number of rotatable bonds is 6. The zero-order valence-corrected chi connectivity index (χ0v) is 16.1. The molecule has 28 heavy (non-hydrogen) atoms. The molecular weight excluding hydrogens is 370 g/mol. The van der Waals surface area contributed by atoms with Crippen molar-refractivity contribution < 1.29 is 9.53 Å². The SMILES string of the molecule is COc1ccc(NC(=O)CNc2ccc(-c3nc4ccccc4s3)cc2)cc1. The average Bonchev–Trinajstić information content (AvgIpc) is 3.17. The van der Waals surface area contributed by atoms with Crippen LogP contribution in [0.5, 0.6) is 5.75 Å². The van der Waals surface area contributed by atoms with Gasteiger partial charge in [0.25, 0.3) is 0 Å². The summed E-state index contributed by atoms with van der Waals surface area (Å²) in [6.07, 6.45) is 0. The van der Waals surface area contributed by atoms with Crippen molar-refractivity contribution in [3.8, 4) is 16.3 Å². The first kappa shape index (κ1) is 18.0. The molecule has 1 aromatic heterocycles. The van der Waals surface area contributed by atoms with Crippen LogP contribution in [0.2, 0.25) is 0 Å². The van der Waals surface area contributed by atoms with Crippen LogP contribution in [-0.2, 0) is 4.79 Å². The molecule has 1 amide bonds. The number of methoxy groups -OCH3 is 1. The van der Waals surface area contributed by atoms with Crippen LogP contribution >= 0.6 is 11.3 Å². The standard InChI is InChI=1S/C22H19N3O2S/c1-27-18-12-10-17(11-13-18)24-21(26)14-23-16-8-6-15(7-9-16)22-25-19-4-2-3-5-20(19)28-22/h2-13,23H,14H2,1H3,(H,24,26). The Balaban J connectivity index is 1.35. The maximum Gasteiger partial charge on any atom is 0.243 e. The molecule has 4 aromatic rings. The molecular formula is C22H19N3O2S. The van der Waals surface area contributed by atoms with E-state index >= 15 is 0 Å². The fourth-order valence-electron chi connectivity index (χ4n) is 2.79. The summed E-state index contributed by atoms with van der Waals surface area (Å²) in [5.41, 5.74) is 3.70. The maximum atomic E-state index is 12.1. The molecule has 0 fully saturated rings. The Kier molecular flexibility index (Phi) is 5.21. The Morgan fingerprint density at radius 2 is 1.68 bits per heavy atom. The lowest BCUT2D eigenvalue weighted by atomic mass is 10.2. The summed E-state index contributed by atoms with van der Waals surface area (Å²) in [7, 11) is 1.61. The van der Waals surface area contributed by atoms with Crippen LogP contribution in [0.1, 0.15) is 0 Å². The Bertz CT molecular complexity index is 1060. The van der Waals surface area contributed by atoms with Crippen LogP contribution in [-0.4, -0.2) is 24.5 Å². The summed E-state index contributed by atoms with van der Waals surface area (Å²) >= 11 is 1.67. The number of hydrogen-bond acceptors (Lipinski definition) is 5. The van der Waals surface area contributed by atoms with Crippen molar-refractivity contribution in [1.82, 2.24) is 4.98 Å². The quantitative estimate of drug-likeness (QED) is 0.486. The smallest absolute Gasteiger partial charge is 0.243 e. The van der Waals surface area contributed by atoms with Crippen molar-refractivity contribution in [2.75, 3.05) is 24.3 Å². The minimum Gasteiger partial charge on any atom is -0.497 e. The number of hydrogen-bond donors (Lipinski definition) is 2. The number of aromatic nitrogens is 1. The first-order chi connectivity index (χ1) is 13.7. The van der Waals surface area contributed by atoms with Gasteiger partial charge in [-0.1, -0.05) is 12.1 Å². The van der Waals surface area contributed by atoms with Gasteiger partial charge in [0.1, 0.15) is 10.8 Å². The summed E-state index contributed by atoms with van der Waals surface area (Å²) in [5.74, 6) is 0.643. The van der Waals surface area contributed by atoms with Gasteiger partial charge < -0.3 is 15.4 Å². The first-order valence-corrected chi connectivity index (χ1v) is 9.67. The van der Waals surface area contributed by atoms with Gasteiger partial charge >= 0.3 is 0 Å². The third-order valence-electron chi connectivity index (χ3n) is 4.25. The van der Waals surface area contributed by atoms with E-state index in [0.29, 0.717) is 0 Å². The molecule has 3 aromatic carbocycles. The highest BCUT2D eigenvalue weighted by Crippen LogP contribution is 2.30. The van der Waals surface area contributed by atoms with Crippen molar-refractivity contribution in [2.24, 2.45) is 0 Å². The second-order valence-electron chi connectivity index (χ2n) is 6.19. The van der Waals surface area contributed by atoms with E-state index in [2.05, 4.69) is 21.7 Å². The average molecular weight is 389 g/mol. The van der Waals surface area contributed by atoms with Gasteiger partial charge in [-0.05, 0) is 60.7 Å². The molecule has 5 nitrogen and oxygen atoms in total. The normalized spacial score (nSPS) is 10.6. The Hall–Kier alpha value is -3.38. The number of amides is 1. The molecule has 0 bridgehead atoms. The topological polar surface area (TPSA) is 63.2 Å². The van der Waals surface area contributed by atoms with Crippen LogP contribution in [0.25, 0.3) is 20.8 Å². The third-order valence-corrected chi connectivity index (χ3v) is 5.34. The molecule has 0 atom stereocenters. The lowest BCUT2D eigenvalue weighted by Gasteiger charge is -2.09. The van der Waals surface area contributed by atoms with Crippen molar-refractivity contribution in [3.63, 3.8) is 0 Å². The monoisotopic (exact) mass is 389 g/mol. The fraction of sp³-hybridized carbons (Fsp3) is 0.0909. The summed E-state index contributed by atoms with van der Waals surface area (Å²) in [5, 5.41) is 6.98. The van der Waals surface area contributed by atoms with E-state index in [1.54, 1.807) is 18.4 Å². The van der Waals surface area contributed by atoms with Gasteiger partial charge in [0.15, 0.2) is 0 Å². The second-order valence-corrected chi connectivity index (χ2v) is 7.22. The number of carbonyl (C=O) groups is 1. The summed E-state index contributed by atoms with van der Waals surface area (Å²) in [4.78, 5) is 16.8. The number of carbonyl (C=O) groups excluding carboxylic acids is 1. The highest BCUT2D eigenvalue weighted by molar-refractivity contribution is 7.21. The highest BCUT2D eigenvalue weighted by Gasteiger charge is 2.07. The zero-order chi connectivity index (χ0) is 19.3. The van der Waals surface area contributed by atoms with Crippen molar-refractivity contribution in [3.05, 3.63) is 72.8 Å². The highest BCUT2D eigenvalue weighted by atomic mass is 32.1. The van der Waals surface area contributed by atoms with Gasteiger partial charge in [-0.15, -0.1) is 11.3 Å². The van der Waals surface area contributed by atoms with E-state index in [0.717, 1.165) is 33.2 Å². The van der Waals surface area contributed by atoms with Crippen LogP contribution in [0.3, 0.4) is 0 Å². The van der Waals surface area contributed by atoms with Crippen molar-refractivity contribution in [2.45, 2.75) is 0 Å². The lowest BCUT2D eigenvalue weighted by Crippen LogP contribution is -2.21. The minimum absolute atomic E-state index is 0.111. The Labute approximate surface area is 167 Å². The number of fused-ring (bicyclic) bond motifs is 1. The van der Waals surface area contributed by atoms with Crippen molar-refractivity contribution in [1.29, 1.82) is 0 Å². The number of ether oxygens (including phenoxy) is 1. The molecule has 2 N–H and O–H groups in total. The van der Waals surface area contributed by atoms with E-state index in [1.807, 2.05) is 66.7 Å². The van der Waals surface area contributed by atoms with E-state index in [4.69, 9.17) is 4.74 Å². The molecule has 0 aliphatic heterocycles. The lowest BCUT2D eigenvalue weighted by molar-refractivity contribution is -0.114. The number of benzene rings is 3. The molecule has 0 spiro atoms. The molecule has 0 radical (unpaired) electrons. The van der Waals surface area contributed by atoms with E-state index in [1.165, 1.54) is 4.70 Å². The zero-order valence-electron chi connectivity index (χ0n) is 15.3. The predicted molar refractivity (Wildman–Crippen MR) is 115 cm³/mol. The Morgan fingerprint density at radius 3 is 2.39 bits per heavy atom. The molecule has 4 rings (SSSR count). The first-order valence-electron chi connectivity index (χ1n) is 8.85. The predicted octanol–water partition coefficient (Wildman–Crippen LogP) is 5.02. The van der Waals surface area contributed by atoms with E-state index in [-0.39, 0.29) is 12.5 Å². The summed E-state index contributed by atoms with van der Waals surface area (Å²) in [6, 6.07) is 23.3. The van der Waals surface area contributed by atoms with E-state index in [9.17, 15) is 4.79 Å². The summed E-state index contributed by atoms with van der Waals surface area (Å²) in [6.45, 7) is 0.187. The molecule has 0 saturated carbocycles. The van der Waals surface area contributed by atoms with Gasteiger partial charge in [-0.3, -0.25) is 4.79 Å². The molecule has 0 unspecified atom stereocenters. The number of anilines is 2. The van der Waals surface area contributed by atoms with Gasteiger partial charge in [0.2, 0.25) is 5.91 Å². The third kappa shape index (κ3) is 4.13. The van der Waals surface area contributed by atoms with E-state index < -0.39 is 0 Å². The van der Waals surface area contributed by atoms with Crippen LogP contribution in [0.15, 0.2) is 72.8 Å². The molecule has 0 aliphatic carbocycles. The second kappa shape index (κ2) is 8.10. The maximum absolute atomic E-state index is 12.1. The number of nitrogens with zero attached hydrogens (tertiary/aromatic N) is 1. The van der Waals surface area contributed by atoms with Crippen LogP contribution in [0.4, 0.5) is 11.4 Å². The van der Waals surface area contributed by atoms with Gasteiger partial charge in [0.05, 0.1) is 23.9 Å². The van der Waals surface area contributed by atoms with Gasteiger partial charge in [-0.2, -0.15) is 0 Å². The fourth-order valence-corrected chi connectivity index (χ4v) is 3.76. The molecule has 0 aliphatic rings.